The molecule has 4 nitrogen and oxygen atoms in total. The van der Waals surface area contributed by atoms with Gasteiger partial charge >= 0.3 is 0 Å². The molecular weight excluding hydrogens is 339 g/mol. The molecule has 2 rings (SSSR count). The number of rotatable bonds is 3. The molecule has 1 aromatic carbocycles. The minimum absolute atomic E-state index is 0.0428. The average Bonchev–Trinajstić information content (AvgIpc) is 2.59. The summed E-state index contributed by atoms with van der Waals surface area (Å²) in [5.41, 5.74) is 0.589. The van der Waals surface area contributed by atoms with Crippen LogP contribution in [0, 0.1) is 11.7 Å². The molecule has 1 N–H and O–H groups in total. The van der Waals surface area contributed by atoms with Gasteiger partial charge in [0.1, 0.15) is 11.9 Å². The second-order valence-electron chi connectivity index (χ2n) is 5.27. The molecule has 1 heterocycles. The van der Waals surface area contributed by atoms with Crippen molar-refractivity contribution in [3.63, 3.8) is 0 Å². The average molecular weight is 357 g/mol. The van der Waals surface area contributed by atoms with E-state index in [0.29, 0.717) is 16.7 Å². The summed E-state index contributed by atoms with van der Waals surface area (Å²) in [5.74, 6) is -0.612. The Bertz CT molecular complexity index is 565. The highest BCUT2D eigenvalue weighted by Crippen LogP contribution is 2.29. The fourth-order valence-corrected chi connectivity index (χ4v) is 2.92. The van der Waals surface area contributed by atoms with Crippen molar-refractivity contribution in [1.29, 1.82) is 0 Å². The van der Waals surface area contributed by atoms with Crippen LogP contribution in [0.5, 0.6) is 0 Å². The van der Waals surface area contributed by atoms with E-state index in [-0.39, 0.29) is 30.0 Å². The number of nitrogens with zero attached hydrogens (tertiary/aromatic N) is 1. The van der Waals surface area contributed by atoms with Crippen molar-refractivity contribution in [2.75, 3.05) is 11.4 Å². The van der Waals surface area contributed by atoms with Crippen molar-refractivity contribution in [2.24, 2.45) is 5.92 Å². The summed E-state index contributed by atoms with van der Waals surface area (Å²) in [6, 6.07) is 3.65. The number of nitrogens with one attached hydrogen (secondary N) is 1. The van der Waals surface area contributed by atoms with Crippen molar-refractivity contribution >= 4 is 33.4 Å². The standard InChI is InChI=1S/C15H18BrFN2O2/c1-3-9(2)14-15(21)19(7-6-13(20)18-14)12-5-4-10(17)8-11(12)16/h4-5,8-9,14H,3,6-7H2,1-2H3,(H,18,20). The molecule has 0 spiro atoms. The van der Waals surface area contributed by atoms with E-state index in [4.69, 9.17) is 0 Å². The number of amides is 2. The summed E-state index contributed by atoms with van der Waals surface area (Å²) in [6.45, 7) is 4.21. The summed E-state index contributed by atoms with van der Waals surface area (Å²) >= 11 is 3.29. The molecule has 6 heteroatoms. The molecule has 2 amide bonds. The van der Waals surface area contributed by atoms with Gasteiger partial charge in [0.2, 0.25) is 11.8 Å². The second kappa shape index (κ2) is 6.56. The molecule has 0 saturated carbocycles. The third-order valence-corrected chi connectivity index (χ3v) is 4.46. The number of hydrogen-bond acceptors (Lipinski definition) is 2. The molecule has 0 radical (unpaired) electrons. The first-order valence-corrected chi connectivity index (χ1v) is 7.79. The number of hydrogen-bond donors (Lipinski definition) is 1. The van der Waals surface area contributed by atoms with Gasteiger partial charge in [-0.25, -0.2) is 4.39 Å². The highest BCUT2D eigenvalue weighted by Gasteiger charge is 2.34. The zero-order chi connectivity index (χ0) is 15.6. The lowest BCUT2D eigenvalue weighted by atomic mass is 9.98. The summed E-state index contributed by atoms with van der Waals surface area (Å²) in [4.78, 5) is 26.1. The predicted octanol–water partition coefficient (Wildman–Crippen LogP) is 2.86. The van der Waals surface area contributed by atoms with Gasteiger partial charge in [0.25, 0.3) is 0 Å². The van der Waals surface area contributed by atoms with E-state index in [0.717, 1.165) is 6.42 Å². The van der Waals surface area contributed by atoms with Gasteiger partial charge in [0.05, 0.1) is 5.69 Å². The minimum atomic E-state index is -0.540. The lowest BCUT2D eigenvalue weighted by Gasteiger charge is -2.27. The topological polar surface area (TPSA) is 49.4 Å². The van der Waals surface area contributed by atoms with Gasteiger partial charge < -0.3 is 10.2 Å². The van der Waals surface area contributed by atoms with Crippen LogP contribution in [0.4, 0.5) is 10.1 Å². The van der Waals surface area contributed by atoms with E-state index in [2.05, 4.69) is 21.2 Å². The van der Waals surface area contributed by atoms with Crippen LogP contribution in [-0.4, -0.2) is 24.4 Å². The molecule has 0 aromatic heterocycles. The first-order valence-electron chi connectivity index (χ1n) is 6.99. The first kappa shape index (κ1) is 15.9. The molecule has 1 aliphatic rings. The maximum atomic E-state index is 13.2. The highest BCUT2D eigenvalue weighted by atomic mass is 79.9. The smallest absolute Gasteiger partial charge is 0.249 e. The van der Waals surface area contributed by atoms with Gasteiger partial charge in [-0.15, -0.1) is 0 Å². The van der Waals surface area contributed by atoms with Crippen LogP contribution >= 0.6 is 15.9 Å². The highest BCUT2D eigenvalue weighted by molar-refractivity contribution is 9.10. The summed E-state index contributed by atoms with van der Waals surface area (Å²) in [5, 5.41) is 2.79. The quantitative estimate of drug-likeness (QED) is 0.905. The normalized spacial score (nSPS) is 21.0. The van der Waals surface area contributed by atoms with E-state index in [1.807, 2.05) is 13.8 Å². The molecule has 0 aliphatic carbocycles. The molecule has 1 saturated heterocycles. The minimum Gasteiger partial charge on any atom is -0.344 e. The van der Waals surface area contributed by atoms with E-state index in [9.17, 15) is 14.0 Å². The van der Waals surface area contributed by atoms with E-state index in [1.54, 1.807) is 11.0 Å². The third-order valence-electron chi connectivity index (χ3n) is 3.82. The molecular formula is C15H18BrFN2O2. The van der Waals surface area contributed by atoms with E-state index < -0.39 is 6.04 Å². The Morgan fingerprint density at radius 1 is 1.48 bits per heavy atom. The Hall–Kier alpha value is -1.43. The zero-order valence-corrected chi connectivity index (χ0v) is 13.6. The Labute approximate surface area is 131 Å². The third kappa shape index (κ3) is 3.43. The summed E-state index contributed by atoms with van der Waals surface area (Å²) < 4.78 is 13.7. The number of anilines is 1. The molecule has 114 valence electrons. The fourth-order valence-electron chi connectivity index (χ4n) is 2.36. The molecule has 1 aliphatic heterocycles. The SMILES string of the molecule is CCC(C)C1NC(=O)CCN(c2ccc(F)cc2Br)C1=O. The second-order valence-corrected chi connectivity index (χ2v) is 6.12. The van der Waals surface area contributed by atoms with E-state index >= 15 is 0 Å². The van der Waals surface area contributed by atoms with Crippen molar-refractivity contribution in [2.45, 2.75) is 32.7 Å². The Morgan fingerprint density at radius 2 is 2.19 bits per heavy atom. The van der Waals surface area contributed by atoms with Gasteiger partial charge in [-0.3, -0.25) is 9.59 Å². The van der Waals surface area contributed by atoms with Crippen LogP contribution in [0.1, 0.15) is 26.7 Å². The van der Waals surface area contributed by atoms with Gasteiger partial charge in [0.15, 0.2) is 0 Å². The van der Waals surface area contributed by atoms with Crippen molar-refractivity contribution < 1.29 is 14.0 Å². The van der Waals surface area contributed by atoms with Crippen LogP contribution in [-0.2, 0) is 9.59 Å². The molecule has 1 fully saturated rings. The molecule has 1 aromatic rings. The molecule has 0 bridgehead atoms. The van der Waals surface area contributed by atoms with Gasteiger partial charge in [0, 0.05) is 17.4 Å². The van der Waals surface area contributed by atoms with Crippen molar-refractivity contribution in [3.8, 4) is 0 Å². The monoisotopic (exact) mass is 356 g/mol. The van der Waals surface area contributed by atoms with Crippen LogP contribution in [0.15, 0.2) is 22.7 Å². The largest absolute Gasteiger partial charge is 0.344 e. The van der Waals surface area contributed by atoms with Crippen LogP contribution in [0.3, 0.4) is 0 Å². The fraction of sp³-hybridized carbons (Fsp3) is 0.467. The number of carbonyl (C=O) groups is 2. The maximum absolute atomic E-state index is 13.2. The number of benzene rings is 1. The number of halogens is 2. The Morgan fingerprint density at radius 3 is 2.81 bits per heavy atom. The van der Waals surface area contributed by atoms with Crippen LogP contribution in [0.25, 0.3) is 0 Å². The van der Waals surface area contributed by atoms with Crippen LogP contribution in [0.2, 0.25) is 0 Å². The predicted molar refractivity (Wildman–Crippen MR) is 82.5 cm³/mol. The van der Waals surface area contributed by atoms with Gasteiger partial charge in [-0.1, -0.05) is 20.3 Å². The maximum Gasteiger partial charge on any atom is 0.249 e. The van der Waals surface area contributed by atoms with Crippen LogP contribution < -0.4 is 10.2 Å². The van der Waals surface area contributed by atoms with Crippen molar-refractivity contribution in [3.05, 3.63) is 28.5 Å². The summed E-state index contributed by atoms with van der Waals surface area (Å²) in [7, 11) is 0. The van der Waals surface area contributed by atoms with Crippen molar-refractivity contribution in [1.82, 2.24) is 5.32 Å². The lowest BCUT2D eigenvalue weighted by Crippen LogP contribution is -2.48. The van der Waals surface area contributed by atoms with E-state index in [1.165, 1.54) is 12.1 Å². The first-order chi connectivity index (χ1) is 9.93. The van der Waals surface area contributed by atoms with Gasteiger partial charge in [-0.05, 0) is 40.0 Å². The zero-order valence-electron chi connectivity index (χ0n) is 12.0. The van der Waals surface area contributed by atoms with Gasteiger partial charge in [-0.2, -0.15) is 0 Å². The lowest BCUT2D eigenvalue weighted by molar-refractivity contribution is -0.126. The number of carbonyl (C=O) groups excluding carboxylic acids is 2. The molecule has 21 heavy (non-hydrogen) atoms. The molecule has 2 atom stereocenters. The summed E-state index contributed by atoms with van der Waals surface area (Å²) in [6.07, 6.45) is 1.03. The Kier molecular flexibility index (Phi) is 4.98. The Balaban J connectivity index is 2.37. The molecule has 2 unspecified atom stereocenters.